The summed E-state index contributed by atoms with van der Waals surface area (Å²) in [5.41, 5.74) is -0.479. The molecule has 10 heteroatoms. The molecule has 0 atom stereocenters. The van der Waals surface area contributed by atoms with Gasteiger partial charge in [-0.2, -0.15) is 13.2 Å². The Hall–Kier alpha value is -2.49. The Bertz CT molecular complexity index is 937. The molecule has 0 bridgehead atoms. The van der Waals surface area contributed by atoms with Crippen LogP contribution in [0.2, 0.25) is 0 Å². The van der Waals surface area contributed by atoms with Gasteiger partial charge in [0.1, 0.15) is 16.8 Å². The van der Waals surface area contributed by atoms with E-state index in [2.05, 4.69) is 21.0 Å². The van der Waals surface area contributed by atoms with E-state index in [1.807, 2.05) is 13.8 Å². The van der Waals surface area contributed by atoms with Crippen LogP contribution in [-0.4, -0.2) is 28.0 Å². The minimum Gasteiger partial charge on any atom is -0.503 e. The predicted octanol–water partition coefficient (Wildman–Crippen LogP) is 5.75. The third-order valence-electron chi connectivity index (χ3n) is 4.87. The van der Waals surface area contributed by atoms with E-state index in [1.165, 1.54) is 17.9 Å². The molecule has 31 heavy (non-hydrogen) atoms. The van der Waals surface area contributed by atoms with Crippen molar-refractivity contribution < 1.29 is 32.5 Å². The summed E-state index contributed by atoms with van der Waals surface area (Å²) >= 11 is 3.03. The Kier molecular flexibility index (Phi) is 8.55. The van der Waals surface area contributed by atoms with Gasteiger partial charge in [-0.15, -0.1) is 5.10 Å². The Morgan fingerprint density at radius 1 is 1.29 bits per heavy atom. The van der Waals surface area contributed by atoms with E-state index >= 15 is 0 Å². The summed E-state index contributed by atoms with van der Waals surface area (Å²) in [4.78, 5) is 11.5. The van der Waals surface area contributed by atoms with Gasteiger partial charge in [-0.25, -0.2) is 4.79 Å². The summed E-state index contributed by atoms with van der Waals surface area (Å²) in [6.45, 7) is 3.95. The van der Waals surface area contributed by atoms with Crippen LogP contribution in [0, 0.1) is 5.92 Å². The van der Waals surface area contributed by atoms with Gasteiger partial charge in [0, 0.05) is 6.54 Å². The maximum Gasteiger partial charge on any atom is 0.424 e. The van der Waals surface area contributed by atoms with Gasteiger partial charge >= 0.3 is 12.1 Å². The van der Waals surface area contributed by atoms with Crippen molar-refractivity contribution in [1.29, 1.82) is 0 Å². The summed E-state index contributed by atoms with van der Waals surface area (Å²) in [5, 5.41) is 13.5. The number of nitrogens with zero attached hydrogens (tertiary/aromatic N) is 2. The number of hydrogen-bond acceptors (Lipinski definition) is 4. The Labute approximate surface area is 186 Å². The number of aliphatic carboxylic acids is 1. The van der Waals surface area contributed by atoms with E-state index in [-0.39, 0.29) is 28.3 Å². The molecule has 0 spiro atoms. The SMILES string of the molecule is CCC(CC)Cn1nc(OCc2ccccc2/C(=C\OC)C(=O)O)c(C(F)(F)F)c1Br. The predicted molar refractivity (Wildman–Crippen MR) is 112 cm³/mol. The Morgan fingerprint density at radius 2 is 1.94 bits per heavy atom. The lowest BCUT2D eigenvalue weighted by atomic mass is 10.0. The van der Waals surface area contributed by atoms with Crippen molar-refractivity contribution in [2.24, 2.45) is 5.92 Å². The van der Waals surface area contributed by atoms with Crippen molar-refractivity contribution in [3.05, 3.63) is 51.8 Å². The number of methoxy groups -OCH3 is 1. The van der Waals surface area contributed by atoms with Gasteiger partial charge in [0.05, 0.1) is 13.4 Å². The number of carboxylic acid groups (broad SMARTS) is 1. The zero-order chi connectivity index (χ0) is 23.2. The average molecular weight is 505 g/mol. The molecule has 1 N–H and O–H groups in total. The first-order valence-electron chi connectivity index (χ1n) is 9.64. The fourth-order valence-electron chi connectivity index (χ4n) is 3.07. The minimum atomic E-state index is -4.68. The average Bonchev–Trinajstić information content (AvgIpc) is 3.04. The van der Waals surface area contributed by atoms with E-state index in [9.17, 15) is 23.1 Å². The second kappa shape index (κ2) is 10.7. The van der Waals surface area contributed by atoms with Crippen LogP contribution in [0.4, 0.5) is 13.2 Å². The van der Waals surface area contributed by atoms with Gasteiger partial charge in [0.25, 0.3) is 0 Å². The first-order valence-corrected chi connectivity index (χ1v) is 10.4. The second-order valence-corrected chi connectivity index (χ2v) is 7.60. The molecule has 1 aromatic carbocycles. The van der Waals surface area contributed by atoms with E-state index in [1.54, 1.807) is 18.2 Å². The summed E-state index contributed by atoms with van der Waals surface area (Å²) < 4.78 is 52.4. The van der Waals surface area contributed by atoms with Crippen molar-refractivity contribution in [3.63, 3.8) is 0 Å². The van der Waals surface area contributed by atoms with E-state index in [4.69, 9.17) is 9.47 Å². The summed E-state index contributed by atoms with van der Waals surface area (Å²) in [6.07, 6.45) is -2.01. The first kappa shape index (κ1) is 24.8. The molecule has 0 fully saturated rings. The van der Waals surface area contributed by atoms with Gasteiger partial charge in [0.15, 0.2) is 5.56 Å². The zero-order valence-electron chi connectivity index (χ0n) is 17.4. The highest BCUT2D eigenvalue weighted by Gasteiger charge is 2.41. The lowest BCUT2D eigenvalue weighted by Crippen LogP contribution is -2.12. The standard InChI is InChI=1S/C21H24BrF3N2O4/c1-4-13(5-2)10-27-18(22)17(21(23,24)25)19(26-27)31-11-14-8-6-7-9-15(14)16(12-30-3)20(28)29/h6-9,12-13H,4-5,10-11H2,1-3H3,(H,28,29)/b16-12+. The fraction of sp³-hybridized carbons (Fsp3) is 0.429. The third kappa shape index (κ3) is 6.03. The molecule has 0 unspecified atom stereocenters. The van der Waals surface area contributed by atoms with Crippen LogP contribution in [0.5, 0.6) is 5.88 Å². The smallest absolute Gasteiger partial charge is 0.424 e. The number of alkyl halides is 3. The monoisotopic (exact) mass is 504 g/mol. The molecule has 6 nitrogen and oxygen atoms in total. The molecule has 0 radical (unpaired) electrons. The summed E-state index contributed by atoms with van der Waals surface area (Å²) in [7, 11) is 1.31. The number of carboxylic acids is 1. The van der Waals surface area contributed by atoms with E-state index in [0.717, 1.165) is 19.1 Å². The summed E-state index contributed by atoms with van der Waals surface area (Å²) in [6, 6.07) is 6.36. The lowest BCUT2D eigenvalue weighted by Gasteiger charge is -2.13. The molecule has 1 aromatic heterocycles. The maximum absolute atomic E-state index is 13.7. The highest BCUT2D eigenvalue weighted by atomic mass is 79.9. The normalized spacial score (nSPS) is 12.3. The van der Waals surface area contributed by atoms with Crippen LogP contribution in [0.15, 0.2) is 35.1 Å². The van der Waals surface area contributed by atoms with Gasteiger partial charge in [0.2, 0.25) is 5.88 Å². The number of carbonyl (C=O) groups is 1. The van der Waals surface area contributed by atoms with Gasteiger partial charge in [-0.1, -0.05) is 51.0 Å². The molecular weight excluding hydrogens is 481 g/mol. The topological polar surface area (TPSA) is 73.6 Å². The number of ether oxygens (including phenoxy) is 2. The van der Waals surface area contributed by atoms with Crippen LogP contribution in [0.25, 0.3) is 5.57 Å². The molecule has 0 aliphatic heterocycles. The number of halogens is 4. The molecule has 0 aliphatic rings. The van der Waals surface area contributed by atoms with Crippen LogP contribution < -0.4 is 4.74 Å². The molecule has 0 saturated heterocycles. The Balaban J connectivity index is 2.40. The quantitative estimate of drug-likeness (QED) is 0.329. The van der Waals surface area contributed by atoms with Crippen molar-refractivity contribution >= 4 is 27.5 Å². The number of benzene rings is 1. The number of rotatable bonds is 10. The number of hydrogen-bond donors (Lipinski definition) is 1. The molecule has 170 valence electrons. The van der Waals surface area contributed by atoms with Crippen LogP contribution >= 0.6 is 15.9 Å². The van der Waals surface area contributed by atoms with Gasteiger partial charge < -0.3 is 14.6 Å². The fourth-order valence-corrected chi connectivity index (χ4v) is 3.69. The summed E-state index contributed by atoms with van der Waals surface area (Å²) in [5.74, 6) is -1.63. The lowest BCUT2D eigenvalue weighted by molar-refractivity contribution is -0.139. The molecule has 0 amide bonds. The highest BCUT2D eigenvalue weighted by Crippen LogP contribution is 2.41. The Morgan fingerprint density at radius 3 is 2.48 bits per heavy atom. The minimum absolute atomic E-state index is 0.141. The van der Waals surface area contributed by atoms with Crippen LogP contribution in [0.1, 0.15) is 43.4 Å². The highest BCUT2D eigenvalue weighted by molar-refractivity contribution is 9.10. The van der Waals surface area contributed by atoms with Gasteiger partial charge in [-0.3, -0.25) is 4.68 Å². The largest absolute Gasteiger partial charge is 0.503 e. The van der Waals surface area contributed by atoms with Crippen molar-refractivity contribution in [1.82, 2.24) is 9.78 Å². The molecule has 2 aromatic rings. The van der Waals surface area contributed by atoms with Crippen molar-refractivity contribution in [2.45, 2.75) is 46.0 Å². The molecule has 2 rings (SSSR count). The van der Waals surface area contributed by atoms with Crippen molar-refractivity contribution in [2.75, 3.05) is 7.11 Å². The van der Waals surface area contributed by atoms with Crippen molar-refractivity contribution in [3.8, 4) is 5.88 Å². The zero-order valence-corrected chi connectivity index (χ0v) is 19.0. The van der Waals surface area contributed by atoms with Gasteiger partial charge in [-0.05, 0) is 33.0 Å². The molecule has 0 aliphatic carbocycles. The van der Waals surface area contributed by atoms with Crippen LogP contribution in [-0.2, 0) is 28.9 Å². The maximum atomic E-state index is 13.7. The van der Waals surface area contributed by atoms with E-state index in [0.29, 0.717) is 12.1 Å². The molecular formula is C21H24BrF3N2O4. The third-order valence-corrected chi connectivity index (χ3v) is 5.67. The van der Waals surface area contributed by atoms with Crippen LogP contribution in [0.3, 0.4) is 0 Å². The first-order chi connectivity index (χ1) is 14.6. The molecule has 0 saturated carbocycles. The molecule has 1 heterocycles. The van der Waals surface area contributed by atoms with E-state index < -0.39 is 23.6 Å². The second-order valence-electron chi connectivity index (χ2n) is 6.85. The number of aromatic nitrogens is 2.